The topological polar surface area (TPSA) is 49.8 Å². The van der Waals surface area contributed by atoms with Crippen LogP contribution in [0.15, 0.2) is 42.2 Å². The van der Waals surface area contributed by atoms with Gasteiger partial charge in [0.25, 0.3) is 0 Å². The van der Waals surface area contributed by atoms with Gasteiger partial charge < -0.3 is 9.84 Å². The summed E-state index contributed by atoms with van der Waals surface area (Å²) in [6, 6.07) is 11.5. The Balaban J connectivity index is 1.58. The number of phenolic OH excluding ortho intramolecular Hbond substituents is 1. The molecule has 30 heavy (non-hydrogen) atoms. The first-order chi connectivity index (χ1) is 14.2. The van der Waals surface area contributed by atoms with Gasteiger partial charge in [0.15, 0.2) is 5.76 Å². The minimum absolute atomic E-state index is 0.0836. The smallest absolute Gasteiger partial charge is 0.231 e. The molecule has 1 fully saturated rings. The van der Waals surface area contributed by atoms with Crippen LogP contribution in [0.4, 0.5) is 0 Å². The van der Waals surface area contributed by atoms with Crippen molar-refractivity contribution in [1.82, 2.24) is 4.90 Å². The van der Waals surface area contributed by atoms with Crippen LogP contribution >= 0.6 is 0 Å². The van der Waals surface area contributed by atoms with E-state index in [1.54, 1.807) is 18.2 Å². The van der Waals surface area contributed by atoms with Gasteiger partial charge in [-0.1, -0.05) is 52.0 Å². The van der Waals surface area contributed by atoms with Crippen molar-refractivity contribution < 1.29 is 14.6 Å². The van der Waals surface area contributed by atoms with E-state index < -0.39 is 0 Å². The molecule has 0 saturated carbocycles. The molecule has 4 nitrogen and oxygen atoms in total. The van der Waals surface area contributed by atoms with E-state index in [1.165, 1.54) is 5.56 Å². The number of ketones is 1. The van der Waals surface area contributed by atoms with Crippen LogP contribution < -0.4 is 4.74 Å². The van der Waals surface area contributed by atoms with E-state index in [4.69, 9.17) is 4.74 Å². The summed E-state index contributed by atoms with van der Waals surface area (Å²) in [7, 11) is 0. The molecule has 0 bridgehead atoms. The predicted octanol–water partition coefficient (Wildman–Crippen LogP) is 5.54. The van der Waals surface area contributed by atoms with Crippen molar-refractivity contribution in [2.24, 2.45) is 5.92 Å². The minimum atomic E-state index is -0.126. The van der Waals surface area contributed by atoms with Gasteiger partial charge in [-0.2, -0.15) is 0 Å². The Morgan fingerprint density at radius 2 is 1.77 bits per heavy atom. The number of carbonyl (C=O) groups is 1. The van der Waals surface area contributed by atoms with E-state index >= 15 is 0 Å². The molecule has 0 aliphatic carbocycles. The number of carbonyl (C=O) groups excluding carboxylic acids is 1. The van der Waals surface area contributed by atoms with Crippen LogP contribution in [0.25, 0.3) is 6.08 Å². The molecule has 2 aliphatic heterocycles. The van der Waals surface area contributed by atoms with E-state index in [0.717, 1.165) is 37.4 Å². The van der Waals surface area contributed by atoms with Gasteiger partial charge in [-0.05, 0) is 66.6 Å². The van der Waals surface area contributed by atoms with Crippen molar-refractivity contribution in [3.05, 3.63) is 64.4 Å². The number of hydrogen-bond acceptors (Lipinski definition) is 4. The average molecular weight is 406 g/mol. The van der Waals surface area contributed by atoms with E-state index in [9.17, 15) is 9.90 Å². The third-order valence-electron chi connectivity index (χ3n) is 6.25. The summed E-state index contributed by atoms with van der Waals surface area (Å²) in [5.41, 5.74) is 3.50. The highest BCUT2D eigenvalue weighted by Gasteiger charge is 2.32. The zero-order chi connectivity index (χ0) is 21.5. The molecule has 158 valence electrons. The first kappa shape index (κ1) is 20.7. The highest BCUT2D eigenvalue weighted by Crippen LogP contribution is 2.40. The number of ether oxygens (including phenoxy) is 1. The molecular weight excluding hydrogens is 374 g/mol. The SMILES string of the molecule is CC1CCN(Cc2c(O)ccc3c2O/C(=C\c2ccc(C(C)(C)C)cc2)C3=O)CC1. The lowest BCUT2D eigenvalue weighted by Crippen LogP contribution is -2.32. The lowest BCUT2D eigenvalue weighted by atomic mass is 9.86. The van der Waals surface area contributed by atoms with Crippen LogP contribution in [0.3, 0.4) is 0 Å². The third kappa shape index (κ3) is 4.15. The fourth-order valence-corrected chi connectivity index (χ4v) is 4.12. The number of aromatic hydroxyl groups is 1. The second kappa shape index (κ2) is 7.92. The zero-order valence-corrected chi connectivity index (χ0v) is 18.4. The van der Waals surface area contributed by atoms with Gasteiger partial charge in [-0.3, -0.25) is 9.69 Å². The lowest BCUT2D eigenvalue weighted by molar-refractivity contribution is 0.101. The maximum absolute atomic E-state index is 12.9. The largest absolute Gasteiger partial charge is 0.507 e. The van der Waals surface area contributed by atoms with E-state index in [0.29, 0.717) is 29.2 Å². The van der Waals surface area contributed by atoms with Gasteiger partial charge in [-0.15, -0.1) is 0 Å². The van der Waals surface area contributed by atoms with Crippen molar-refractivity contribution in [2.45, 2.75) is 52.5 Å². The van der Waals surface area contributed by atoms with Crippen LogP contribution in [0.1, 0.15) is 67.6 Å². The van der Waals surface area contributed by atoms with Gasteiger partial charge in [0.05, 0.1) is 11.1 Å². The molecule has 2 aromatic rings. The number of hydrogen-bond donors (Lipinski definition) is 1. The number of piperidine rings is 1. The second-order valence-electron chi connectivity index (χ2n) is 9.71. The quantitative estimate of drug-likeness (QED) is 0.682. The normalized spacial score (nSPS) is 19.2. The Kier molecular flexibility index (Phi) is 5.46. The van der Waals surface area contributed by atoms with Crippen molar-refractivity contribution >= 4 is 11.9 Å². The van der Waals surface area contributed by atoms with Crippen LogP contribution in [-0.4, -0.2) is 28.9 Å². The number of phenols is 1. The Hall–Kier alpha value is -2.59. The predicted molar refractivity (Wildman–Crippen MR) is 120 cm³/mol. The first-order valence-electron chi connectivity index (χ1n) is 10.8. The Labute approximate surface area is 179 Å². The number of rotatable bonds is 3. The first-order valence-corrected chi connectivity index (χ1v) is 10.8. The van der Waals surface area contributed by atoms with Crippen molar-refractivity contribution in [3.63, 3.8) is 0 Å². The number of fused-ring (bicyclic) bond motifs is 1. The van der Waals surface area contributed by atoms with Crippen LogP contribution in [-0.2, 0) is 12.0 Å². The fraction of sp³-hybridized carbons (Fsp3) is 0.423. The molecule has 0 spiro atoms. The molecule has 0 atom stereocenters. The fourth-order valence-electron chi connectivity index (χ4n) is 4.12. The highest BCUT2D eigenvalue weighted by molar-refractivity contribution is 6.15. The van der Waals surface area contributed by atoms with Crippen molar-refractivity contribution in [3.8, 4) is 11.5 Å². The lowest BCUT2D eigenvalue weighted by Gasteiger charge is -2.30. The number of benzene rings is 2. The minimum Gasteiger partial charge on any atom is -0.507 e. The van der Waals surface area contributed by atoms with E-state index in [1.807, 2.05) is 12.1 Å². The molecule has 0 aromatic heterocycles. The number of Topliss-reactive ketones (excluding diaryl/α,β-unsaturated/α-hetero) is 1. The molecule has 4 heteroatoms. The molecule has 0 radical (unpaired) electrons. The molecule has 1 N–H and O–H groups in total. The summed E-state index contributed by atoms with van der Waals surface area (Å²) in [4.78, 5) is 15.3. The maximum Gasteiger partial charge on any atom is 0.231 e. The van der Waals surface area contributed by atoms with Crippen molar-refractivity contribution in [2.75, 3.05) is 13.1 Å². The molecule has 0 amide bonds. The standard InChI is InChI=1S/C26H31NO3/c1-17-11-13-27(14-12-17)16-21-22(28)10-9-20-24(29)23(30-25(20)21)15-18-5-7-19(8-6-18)26(2,3)4/h5-10,15,17,28H,11-14,16H2,1-4H3/b23-15-. The molecule has 2 aliphatic rings. The third-order valence-corrected chi connectivity index (χ3v) is 6.25. The molecular formula is C26H31NO3. The number of allylic oxidation sites excluding steroid dienone is 1. The van der Waals surface area contributed by atoms with Gasteiger partial charge in [0.1, 0.15) is 11.5 Å². The van der Waals surface area contributed by atoms with Crippen LogP contribution in [0.2, 0.25) is 0 Å². The van der Waals surface area contributed by atoms with Crippen molar-refractivity contribution in [1.29, 1.82) is 0 Å². The van der Waals surface area contributed by atoms with E-state index in [2.05, 4.69) is 44.7 Å². The zero-order valence-electron chi connectivity index (χ0n) is 18.4. The summed E-state index contributed by atoms with van der Waals surface area (Å²) in [6.45, 7) is 11.4. The average Bonchev–Trinajstić information content (AvgIpc) is 3.01. The Morgan fingerprint density at radius 1 is 1.10 bits per heavy atom. The van der Waals surface area contributed by atoms with Gasteiger partial charge in [0.2, 0.25) is 5.78 Å². The second-order valence-corrected chi connectivity index (χ2v) is 9.71. The molecule has 1 saturated heterocycles. The summed E-state index contributed by atoms with van der Waals surface area (Å²) in [6.07, 6.45) is 4.11. The van der Waals surface area contributed by atoms with Gasteiger partial charge in [-0.25, -0.2) is 0 Å². The highest BCUT2D eigenvalue weighted by atomic mass is 16.5. The van der Waals surface area contributed by atoms with Crippen LogP contribution in [0, 0.1) is 5.92 Å². The van der Waals surface area contributed by atoms with Gasteiger partial charge in [0, 0.05) is 6.54 Å². The monoisotopic (exact) mass is 405 g/mol. The maximum atomic E-state index is 12.9. The summed E-state index contributed by atoms with van der Waals surface area (Å²) in [5, 5.41) is 10.5. The molecule has 4 rings (SSSR count). The molecule has 2 aromatic carbocycles. The number of likely N-dealkylation sites (tertiary alicyclic amines) is 1. The van der Waals surface area contributed by atoms with Crippen LogP contribution in [0.5, 0.6) is 11.5 Å². The Morgan fingerprint density at radius 3 is 2.40 bits per heavy atom. The summed E-state index contributed by atoms with van der Waals surface area (Å²) in [5.74, 6) is 1.63. The molecule has 2 heterocycles. The van der Waals surface area contributed by atoms with Gasteiger partial charge >= 0.3 is 0 Å². The summed E-state index contributed by atoms with van der Waals surface area (Å²) >= 11 is 0. The molecule has 0 unspecified atom stereocenters. The van der Waals surface area contributed by atoms with E-state index in [-0.39, 0.29) is 16.9 Å². The Bertz CT molecular complexity index is 975. The number of nitrogens with zero attached hydrogens (tertiary/aromatic N) is 1. The summed E-state index contributed by atoms with van der Waals surface area (Å²) < 4.78 is 6.02.